The summed E-state index contributed by atoms with van der Waals surface area (Å²) in [5.74, 6) is 1.30. The standard InChI is InChI=1S/C12H22O2/c1-5-9-7-10(12(9,3)4)8-11(13)14-6-2/h9-10H,5-8H2,1-4H3. The molecular formula is C12H22O2. The van der Waals surface area contributed by atoms with Crippen LogP contribution in [0.1, 0.15) is 47.0 Å². The maximum Gasteiger partial charge on any atom is 0.306 e. The third-order valence-electron chi connectivity index (χ3n) is 3.88. The van der Waals surface area contributed by atoms with Gasteiger partial charge in [0.25, 0.3) is 0 Å². The van der Waals surface area contributed by atoms with Crippen LogP contribution in [0.15, 0.2) is 0 Å². The van der Waals surface area contributed by atoms with Crippen LogP contribution < -0.4 is 0 Å². The molecule has 14 heavy (non-hydrogen) atoms. The maximum absolute atomic E-state index is 11.3. The molecule has 2 nitrogen and oxygen atoms in total. The molecule has 2 heteroatoms. The average Bonchev–Trinajstić information content (AvgIpc) is 2.12. The first-order chi connectivity index (χ1) is 6.52. The van der Waals surface area contributed by atoms with Crippen molar-refractivity contribution in [2.75, 3.05) is 6.61 Å². The number of hydrogen-bond donors (Lipinski definition) is 0. The summed E-state index contributed by atoms with van der Waals surface area (Å²) in [6.45, 7) is 9.14. The van der Waals surface area contributed by atoms with E-state index in [2.05, 4.69) is 20.8 Å². The predicted octanol–water partition coefficient (Wildman–Crippen LogP) is 3.01. The lowest BCUT2D eigenvalue weighted by molar-refractivity contribution is -0.149. The van der Waals surface area contributed by atoms with Gasteiger partial charge in [0.2, 0.25) is 0 Å². The number of ether oxygens (including phenoxy) is 1. The van der Waals surface area contributed by atoms with E-state index >= 15 is 0 Å². The second-order valence-corrected chi connectivity index (χ2v) is 4.87. The Labute approximate surface area is 87.0 Å². The summed E-state index contributed by atoms with van der Waals surface area (Å²) in [4.78, 5) is 11.3. The third kappa shape index (κ3) is 2.10. The molecular weight excluding hydrogens is 176 g/mol. The normalized spacial score (nSPS) is 29.4. The van der Waals surface area contributed by atoms with Gasteiger partial charge >= 0.3 is 5.97 Å². The zero-order valence-corrected chi connectivity index (χ0v) is 9.80. The third-order valence-corrected chi connectivity index (χ3v) is 3.88. The lowest BCUT2D eigenvalue weighted by atomic mass is 9.53. The van der Waals surface area contributed by atoms with Gasteiger partial charge in [-0.3, -0.25) is 4.79 Å². The minimum absolute atomic E-state index is 0.0277. The Kier molecular flexibility index (Phi) is 3.57. The molecule has 0 saturated heterocycles. The second kappa shape index (κ2) is 4.33. The number of hydrogen-bond acceptors (Lipinski definition) is 2. The highest BCUT2D eigenvalue weighted by Crippen LogP contribution is 2.54. The van der Waals surface area contributed by atoms with E-state index in [1.165, 1.54) is 12.8 Å². The molecule has 1 rings (SSSR count). The monoisotopic (exact) mass is 198 g/mol. The Bertz CT molecular complexity index is 208. The smallest absolute Gasteiger partial charge is 0.306 e. The molecule has 0 aromatic heterocycles. The van der Waals surface area contributed by atoms with Gasteiger partial charge < -0.3 is 4.74 Å². The molecule has 2 unspecified atom stereocenters. The van der Waals surface area contributed by atoms with E-state index in [4.69, 9.17) is 4.74 Å². The molecule has 0 amide bonds. The van der Waals surface area contributed by atoms with E-state index in [0.717, 1.165) is 5.92 Å². The quantitative estimate of drug-likeness (QED) is 0.649. The Morgan fingerprint density at radius 3 is 2.43 bits per heavy atom. The zero-order chi connectivity index (χ0) is 10.8. The van der Waals surface area contributed by atoms with Crippen molar-refractivity contribution in [3.63, 3.8) is 0 Å². The molecule has 1 saturated carbocycles. The van der Waals surface area contributed by atoms with Gasteiger partial charge in [0.05, 0.1) is 6.61 Å². The molecule has 0 aliphatic heterocycles. The van der Waals surface area contributed by atoms with Gasteiger partial charge in [0, 0.05) is 6.42 Å². The fourth-order valence-corrected chi connectivity index (χ4v) is 2.58. The lowest BCUT2D eigenvalue weighted by Crippen LogP contribution is -2.45. The minimum Gasteiger partial charge on any atom is -0.466 e. The summed E-state index contributed by atoms with van der Waals surface area (Å²) in [5, 5.41) is 0. The number of rotatable bonds is 4. The van der Waals surface area contributed by atoms with Crippen molar-refractivity contribution in [3.05, 3.63) is 0 Å². The molecule has 0 heterocycles. The van der Waals surface area contributed by atoms with E-state index in [1.54, 1.807) is 0 Å². The molecule has 0 radical (unpaired) electrons. The Hall–Kier alpha value is -0.530. The van der Waals surface area contributed by atoms with Crippen LogP contribution >= 0.6 is 0 Å². The first kappa shape index (κ1) is 11.5. The van der Waals surface area contributed by atoms with E-state index < -0.39 is 0 Å². The van der Waals surface area contributed by atoms with Crippen molar-refractivity contribution in [1.82, 2.24) is 0 Å². The van der Waals surface area contributed by atoms with Crippen LogP contribution in [0.2, 0.25) is 0 Å². The maximum atomic E-state index is 11.3. The fourth-order valence-electron chi connectivity index (χ4n) is 2.58. The van der Waals surface area contributed by atoms with E-state index in [1.807, 2.05) is 6.92 Å². The van der Waals surface area contributed by atoms with Gasteiger partial charge in [0.15, 0.2) is 0 Å². The SMILES string of the molecule is CCOC(=O)CC1CC(CC)C1(C)C. The highest BCUT2D eigenvalue weighted by Gasteiger charge is 2.47. The summed E-state index contributed by atoms with van der Waals surface area (Å²) in [7, 11) is 0. The number of carbonyl (C=O) groups excluding carboxylic acids is 1. The summed E-state index contributed by atoms with van der Waals surface area (Å²) < 4.78 is 4.97. The van der Waals surface area contributed by atoms with Gasteiger partial charge in [-0.2, -0.15) is 0 Å². The van der Waals surface area contributed by atoms with Crippen molar-refractivity contribution in [1.29, 1.82) is 0 Å². The van der Waals surface area contributed by atoms with Crippen molar-refractivity contribution in [3.8, 4) is 0 Å². The molecule has 0 spiro atoms. The van der Waals surface area contributed by atoms with Gasteiger partial charge in [-0.1, -0.05) is 27.2 Å². The van der Waals surface area contributed by atoms with Gasteiger partial charge in [0.1, 0.15) is 0 Å². The highest BCUT2D eigenvalue weighted by atomic mass is 16.5. The summed E-state index contributed by atoms with van der Waals surface area (Å²) >= 11 is 0. The Morgan fingerprint density at radius 1 is 1.36 bits per heavy atom. The lowest BCUT2D eigenvalue weighted by Gasteiger charge is -2.52. The van der Waals surface area contributed by atoms with Crippen LogP contribution in [0.4, 0.5) is 0 Å². The highest BCUT2D eigenvalue weighted by molar-refractivity contribution is 5.69. The van der Waals surface area contributed by atoms with Crippen LogP contribution in [-0.4, -0.2) is 12.6 Å². The first-order valence-corrected chi connectivity index (χ1v) is 5.68. The van der Waals surface area contributed by atoms with Crippen LogP contribution in [-0.2, 0) is 9.53 Å². The topological polar surface area (TPSA) is 26.3 Å². The number of carbonyl (C=O) groups is 1. The molecule has 2 atom stereocenters. The van der Waals surface area contributed by atoms with Crippen molar-refractivity contribution in [2.45, 2.75) is 47.0 Å². The Balaban J connectivity index is 2.39. The largest absolute Gasteiger partial charge is 0.466 e. The van der Waals surface area contributed by atoms with Crippen molar-refractivity contribution in [2.24, 2.45) is 17.3 Å². The van der Waals surface area contributed by atoms with E-state index in [-0.39, 0.29) is 5.97 Å². The average molecular weight is 198 g/mol. The molecule has 0 N–H and O–H groups in total. The molecule has 0 aromatic rings. The fraction of sp³-hybridized carbons (Fsp3) is 0.917. The molecule has 0 bridgehead atoms. The van der Waals surface area contributed by atoms with Crippen molar-refractivity contribution >= 4 is 5.97 Å². The van der Waals surface area contributed by atoms with Gasteiger partial charge in [-0.15, -0.1) is 0 Å². The molecule has 82 valence electrons. The summed E-state index contributed by atoms with van der Waals surface area (Å²) in [5.41, 5.74) is 0.335. The molecule has 1 fully saturated rings. The molecule has 0 aromatic carbocycles. The second-order valence-electron chi connectivity index (χ2n) is 4.87. The Morgan fingerprint density at radius 2 is 2.00 bits per heavy atom. The van der Waals surface area contributed by atoms with Gasteiger partial charge in [-0.25, -0.2) is 0 Å². The van der Waals surface area contributed by atoms with Crippen LogP contribution in [0.25, 0.3) is 0 Å². The summed E-state index contributed by atoms with van der Waals surface area (Å²) in [6.07, 6.45) is 3.03. The first-order valence-electron chi connectivity index (χ1n) is 5.68. The number of esters is 1. The van der Waals surface area contributed by atoms with Crippen LogP contribution in [0.5, 0.6) is 0 Å². The van der Waals surface area contributed by atoms with E-state index in [0.29, 0.717) is 24.4 Å². The minimum atomic E-state index is -0.0277. The predicted molar refractivity (Wildman–Crippen MR) is 56.9 cm³/mol. The van der Waals surface area contributed by atoms with Crippen molar-refractivity contribution < 1.29 is 9.53 Å². The van der Waals surface area contributed by atoms with Gasteiger partial charge in [-0.05, 0) is 30.6 Å². The van der Waals surface area contributed by atoms with Crippen LogP contribution in [0, 0.1) is 17.3 Å². The molecule has 1 aliphatic rings. The summed E-state index contributed by atoms with van der Waals surface area (Å²) in [6, 6.07) is 0. The zero-order valence-electron chi connectivity index (χ0n) is 9.80. The molecule has 1 aliphatic carbocycles. The van der Waals surface area contributed by atoms with Crippen LogP contribution in [0.3, 0.4) is 0 Å². The van der Waals surface area contributed by atoms with E-state index in [9.17, 15) is 4.79 Å².